The molecule has 0 aromatic carbocycles. The number of carbonyl (C=O) groups excluding carboxylic acids is 2. The molecule has 144 valence electrons. The molecule has 2 aliphatic heterocycles. The first kappa shape index (κ1) is 20.0. The van der Waals surface area contributed by atoms with Crippen LogP contribution in [0.25, 0.3) is 0 Å². The summed E-state index contributed by atoms with van der Waals surface area (Å²) >= 11 is 0. The maximum atomic E-state index is 11.4. The number of fused-ring (bicyclic) bond motifs is 1. The average Bonchev–Trinajstić information content (AvgIpc) is 2.86. The van der Waals surface area contributed by atoms with Gasteiger partial charge in [0.25, 0.3) is 10.1 Å². The van der Waals surface area contributed by atoms with E-state index in [2.05, 4.69) is 0 Å². The molecule has 0 saturated carbocycles. The Balaban J connectivity index is 2.22. The number of esters is 2. The van der Waals surface area contributed by atoms with Gasteiger partial charge in [-0.15, -0.1) is 0 Å². The van der Waals surface area contributed by atoms with E-state index in [9.17, 15) is 18.0 Å². The number of rotatable bonds is 6. The number of carbonyl (C=O) groups is 2. The lowest BCUT2D eigenvalue weighted by Gasteiger charge is -2.29. The topological polar surface area (TPSA) is 124 Å². The van der Waals surface area contributed by atoms with E-state index in [4.69, 9.17) is 27.9 Å². The molecule has 2 fully saturated rings. The minimum Gasteiger partial charge on any atom is -0.457 e. The van der Waals surface area contributed by atoms with Gasteiger partial charge in [-0.25, -0.2) is 0 Å². The maximum absolute atomic E-state index is 11.4. The molecule has 10 nitrogen and oxygen atoms in total. The van der Waals surface area contributed by atoms with Crippen LogP contribution in [-0.2, 0) is 47.6 Å². The second-order valence-electron chi connectivity index (χ2n) is 6.28. The molecule has 0 N–H and O–H groups in total. The van der Waals surface area contributed by atoms with E-state index < -0.39 is 65.2 Å². The second-order valence-corrected chi connectivity index (χ2v) is 7.92. The largest absolute Gasteiger partial charge is 0.457 e. The monoisotopic (exact) mass is 382 g/mol. The molecule has 0 spiro atoms. The van der Waals surface area contributed by atoms with E-state index in [-0.39, 0.29) is 0 Å². The van der Waals surface area contributed by atoms with Gasteiger partial charge in [-0.05, 0) is 13.8 Å². The normalized spacial score (nSPS) is 32.0. The highest BCUT2D eigenvalue weighted by atomic mass is 32.2. The summed E-state index contributed by atoms with van der Waals surface area (Å²) < 4.78 is 54.5. The van der Waals surface area contributed by atoms with E-state index in [1.165, 1.54) is 6.92 Å². The second kappa shape index (κ2) is 7.16. The van der Waals surface area contributed by atoms with Crippen molar-refractivity contribution < 1.29 is 45.9 Å². The summed E-state index contributed by atoms with van der Waals surface area (Å²) in [7, 11) is -3.78. The predicted molar refractivity (Wildman–Crippen MR) is 80.6 cm³/mol. The zero-order valence-electron chi connectivity index (χ0n) is 14.6. The van der Waals surface area contributed by atoms with E-state index in [1.807, 2.05) is 0 Å². The van der Waals surface area contributed by atoms with Crippen molar-refractivity contribution in [1.29, 1.82) is 0 Å². The minimum absolute atomic E-state index is 0.496. The zero-order valence-corrected chi connectivity index (χ0v) is 15.4. The van der Waals surface area contributed by atoms with E-state index in [0.29, 0.717) is 0 Å². The van der Waals surface area contributed by atoms with Crippen LogP contribution in [0.3, 0.4) is 0 Å². The van der Waals surface area contributed by atoms with Crippen molar-refractivity contribution in [3.05, 3.63) is 0 Å². The molecule has 0 aromatic rings. The highest BCUT2D eigenvalue weighted by Crippen LogP contribution is 2.40. The van der Waals surface area contributed by atoms with Crippen LogP contribution < -0.4 is 0 Å². The molecule has 0 bridgehead atoms. The lowest BCUT2D eigenvalue weighted by atomic mass is 10.1. The molecule has 0 amide bonds. The molecule has 0 unspecified atom stereocenters. The van der Waals surface area contributed by atoms with E-state index in [0.717, 1.165) is 13.2 Å². The smallest absolute Gasteiger partial charge is 0.303 e. The molecular weight excluding hydrogens is 360 g/mol. The Hall–Kier alpha value is -1.27. The molecule has 5 atom stereocenters. The Morgan fingerprint density at radius 2 is 1.80 bits per heavy atom. The van der Waals surface area contributed by atoms with Crippen molar-refractivity contribution in [3.63, 3.8) is 0 Å². The molecule has 0 aromatic heterocycles. The van der Waals surface area contributed by atoms with Gasteiger partial charge in [0.05, 0.1) is 6.26 Å². The van der Waals surface area contributed by atoms with Gasteiger partial charge in [-0.1, -0.05) is 0 Å². The van der Waals surface area contributed by atoms with Gasteiger partial charge in [-0.3, -0.25) is 13.8 Å². The molecule has 2 rings (SSSR count). The Morgan fingerprint density at radius 1 is 1.16 bits per heavy atom. The van der Waals surface area contributed by atoms with Crippen molar-refractivity contribution in [2.75, 3.05) is 12.9 Å². The fourth-order valence-electron chi connectivity index (χ4n) is 2.73. The predicted octanol–water partition coefficient (Wildman–Crippen LogP) is -0.298. The quantitative estimate of drug-likeness (QED) is 0.447. The van der Waals surface area contributed by atoms with Crippen LogP contribution in [0.4, 0.5) is 0 Å². The van der Waals surface area contributed by atoms with Crippen LogP contribution in [0.2, 0.25) is 0 Å². The number of hydrogen-bond acceptors (Lipinski definition) is 10. The van der Waals surface area contributed by atoms with Gasteiger partial charge in [0, 0.05) is 13.8 Å². The van der Waals surface area contributed by atoms with E-state index in [1.54, 1.807) is 13.8 Å². The molecule has 25 heavy (non-hydrogen) atoms. The van der Waals surface area contributed by atoms with Crippen LogP contribution in [0.15, 0.2) is 0 Å². The first-order chi connectivity index (χ1) is 11.4. The zero-order chi connectivity index (χ0) is 19.0. The lowest BCUT2D eigenvalue weighted by molar-refractivity contribution is -0.233. The number of hydrogen-bond donors (Lipinski definition) is 0. The summed E-state index contributed by atoms with van der Waals surface area (Å²) in [5.41, 5.74) is 0. The first-order valence-electron chi connectivity index (χ1n) is 7.58. The SMILES string of the molecule is CC(=O)O[C@H]1[C@H]2OC(C)(C)O[C@H]2O[C@@H]1[C@@H](COS(C)(=O)=O)OC(C)=O. The fraction of sp³-hybridized carbons (Fsp3) is 0.857. The summed E-state index contributed by atoms with van der Waals surface area (Å²) in [6, 6.07) is 0. The Kier molecular flexibility index (Phi) is 5.74. The molecular formula is C14H22O10S. The highest BCUT2D eigenvalue weighted by Gasteiger charge is 2.59. The third kappa shape index (κ3) is 5.35. The molecule has 11 heteroatoms. The van der Waals surface area contributed by atoms with Gasteiger partial charge < -0.3 is 23.7 Å². The first-order valence-corrected chi connectivity index (χ1v) is 9.39. The van der Waals surface area contributed by atoms with Crippen molar-refractivity contribution >= 4 is 22.1 Å². The van der Waals surface area contributed by atoms with Gasteiger partial charge in [0.1, 0.15) is 12.7 Å². The molecule has 2 saturated heterocycles. The molecule has 0 aliphatic carbocycles. The minimum atomic E-state index is -3.78. The molecule has 2 heterocycles. The van der Waals surface area contributed by atoms with Gasteiger partial charge in [0.15, 0.2) is 30.4 Å². The highest BCUT2D eigenvalue weighted by molar-refractivity contribution is 7.85. The standard InChI is InChI=1S/C14H22O10S/c1-7(15)20-9(6-19-25(5,17)18)10-11(21-8(2)16)12-13(22-10)24-14(3,4)23-12/h9-13H,6H2,1-5H3/t9-,10-,11-,12-,13-/m1/s1. The summed E-state index contributed by atoms with van der Waals surface area (Å²) in [6.45, 7) is 5.21. The van der Waals surface area contributed by atoms with Crippen molar-refractivity contribution in [2.24, 2.45) is 0 Å². The van der Waals surface area contributed by atoms with Crippen molar-refractivity contribution in [1.82, 2.24) is 0 Å². The Morgan fingerprint density at radius 3 is 2.32 bits per heavy atom. The van der Waals surface area contributed by atoms with Crippen LogP contribution in [0, 0.1) is 0 Å². The maximum Gasteiger partial charge on any atom is 0.303 e. The third-order valence-electron chi connectivity index (χ3n) is 3.46. The fourth-order valence-corrected chi connectivity index (χ4v) is 3.11. The van der Waals surface area contributed by atoms with Crippen LogP contribution >= 0.6 is 0 Å². The van der Waals surface area contributed by atoms with Gasteiger partial charge in [0.2, 0.25) is 0 Å². The van der Waals surface area contributed by atoms with Crippen LogP contribution in [0.5, 0.6) is 0 Å². The lowest BCUT2D eigenvalue weighted by Crippen LogP contribution is -2.47. The number of ether oxygens (including phenoxy) is 5. The molecule has 0 radical (unpaired) electrons. The van der Waals surface area contributed by atoms with Crippen molar-refractivity contribution in [3.8, 4) is 0 Å². The summed E-state index contributed by atoms with van der Waals surface area (Å²) in [5.74, 6) is -2.22. The van der Waals surface area contributed by atoms with E-state index >= 15 is 0 Å². The summed E-state index contributed by atoms with van der Waals surface area (Å²) in [4.78, 5) is 22.8. The van der Waals surface area contributed by atoms with Gasteiger partial charge >= 0.3 is 11.9 Å². The third-order valence-corrected chi connectivity index (χ3v) is 4.02. The Labute approximate surface area is 145 Å². The summed E-state index contributed by atoms with van der Waals surface area (Å²) in [5, 5.41) is 0. The van der Waals surface area contributed by atoms with Gasteiger partial charge in [-0.2, -0.15) is 8.42 Å². The summed E-state index contributed by atoms with van der Waals surface area (Å²) in [6.07, 6.45) is -3.86. The average molecular weight is 382 g/mol. The van der Waals surface area contributed by atoms with Crippen molar-refractivity contribution in [2.45, 2.75) is 64.2 Å². The van der Waals surface area contributed by atoms with Crippen LogP contribution in [0.1, 0.15) is 27.7 Å². The Bertz CT molecular complexity index is 628. The molecule has 2 aliphatic rings. The van der Waals surface area contributed by atoms with Crippen LogP contribution in [-0.4, -0.2) is 69.7 Å².